The molecule has 3 N–H and O–H groups in total. The Labute approximate surface area is 99.0 Å². The minimum Gasteiger partial charge on any atom is -0.385 e. The smallest absolute Gasteiger partial charge is 0.151 e. The van der Waals surface area contributed by atoms with Gasteiger partial charge in [0.2, 0.25) is 0 Å². The van der Waals surface area contributed by atoms with E-state index in [2.05, 4.69) is 9.97 Å². The van der Waals surface area contributed by atoms with Gasteiger partial charge < -0.3 is 15.5 Å². The fourth-order valence-corrected chi connectivity index (χ4v) is 1.78. The normalized spacial score (nSPS) is 13.1. The first-order valence-corrected chi connectivity index (χ1v) is 5.61. The summed E-state index contributed by atoms with van der Waals surface area (Å²) in [6.45, 7) is 0.669. The van der Waals surface area contributed by atoms with Crippen molar-refractivity contribution in [2.24, 2.45) is 5.73 Å². The van der Waals surface area contributed by atoms with E-state index in [1.807, 2.05) is 0 Å². The highest BCUT2D eigenvalue weighted by Gasteiger charge is 2.12. The minimum absolute atomic E-state index is 0.211. The molecular weight excluding hydrogens is 221 g/mol. The molecule has 1 aromatic heterocycles. The van der Waals surface area contributed by atoms with Crippen LogP contribution in [0.4, 0.5) is 4.39 Å². The van der Waals surface area contributed by atoms with Gasteiger partial charge in [0.05, 0.1) is 11.6 Å². The van der Waals surface area contributed by atoms with Crippen LogP contribution in [-0.2, 0) is 4.74 Å². The van der Waals surface area contributed by atoms with Gasteiger partial charge in [-0.05, 0) is 25.0 Å². The number of hydrogen-bond donors (Lipinski definition) is 2. The van der Waals surface area contributed by atoms with E-state index in [0.717, 1.165) is 12.8 Å². The van der Waals surface area contributed by atoms with Crippen LogP contribution in [0.5, 0.6) is 0 Å². The number of para-hydroxylation sites is 1. The van der Waals surface area contributed by atoms with Crippen molar-refractivity contribution in [3.8, 4) is 0 Å². The average molecular weight is 237 g/mol. The van der Waals surface area contributed by atoms with Crippen molar-refractivity contribution in [1.29, 1.82) is 0 Å². The van der Waals surface area contributed by atoms with E-state index in [1.165, 1.54) is 6.07 Å². The Kier molecular flexibility index (Phi) is 3.71. The summed E-state index contributed by atoms with van der Waals surface area (Å²) in [5, 5.41) is 0. The van der Waals surface area contributed by atoms with Crippen molar-refractivity contribution >= 4 is 11.0 Å². The summed E-state index contributed by atoms with van der Waals surface area (Å²) in [4.78, 5) is 7.24. The molecule has 0 saturated heterocycles. The van der Waals surface area contributed by atoms with Crippen LogP contribution in [0.2, 0.25) is 0 Å². The zero-order valence-corrected chi connectivity index (χ0v) is 9.74. The zero-order chi connectivity index (χ0) is 12.3. The predicted octanol–water partition coefficient (Wildman–Crippen LogP) is 2.13. The standard InChI is InChI=1S/C12H16FN3O/c1-17-7-3-5-9(14)12-15-10-6-2-4-8(13)11(10)16-12/h2,4,6,9H,3,5,7,14H2,1H3,(H,15,16). The first-order chi connectivity index (χ1) is 8.22. The molecule has 1 atom stereocenters. The van der Waals surface area contributed by atoms with Crippen LogP contribution >= 0.6 is 0 Å². The average Bonchev–Trinajstić information content (AvgIpc) is 2.75. The summed E-state index contributed by atoms with van der Waals surface area (Å²) < 4.78 is 18.4. The Morgan fingerprint density at radius 2 is 2.35 bits per heavy atom. The maximum Gasteiger partial charge on any atom is 0.151 e. The maximum absolute atomic E-state index is 13.4. The number of nitrogens with two attached hydrogens (primary N) is 1. The molecule has 2 rings (SSSR count). The first kappa shape index (κ1) is 12.0. The molecular formula is C12H16FN3O. The van der Waals surface area contributed by atoms with Gasteiger partial charge in [-0.2, -0.15) is 0 Å². The van der Waals surface area contributed by atoms with Crippen LogP contribution in [0, 0.1) is 5.82 Å². The monoisotopic (exact) mass is 237 g/mol. The number of hydrogen-bond acceptors (Lipinski definition) is 3. The molecule has 1 heterocycles. The summed E-state index contributed by atoms with van der Waals surface area (Å²) in [5.74, 6) is 0.301. The fraction of sp³-hybridized carbons (Fsp3) is 0.417. The van der Waals surface area contributed by atoms with E-state index in [0.29, 0.717) is 23.5 Å². The van der Waals surface area contributed by atoms with E-state index < -0.39 is 0 Å². The van der Waals surface area contributed by atoms with Crippen molar-refractivity contribution in [1.82, 2.24) is 9.97 Å². The van der Waals surface area contributed by atoms with Crippen LogP contribution < -0.4 is 5.73 Å². The number of benzene rings is 1. The highest BCUT2D eigenvalue weighted by Crippen LogP contribution is 2.19. The molecule has 5 heteroatoms. The Bertz CT molecular complexity index is 497. The molecule has 0 bridgehead atoms. The van der Waals surface area contributed by atoms with Gasteiger partial charge in [0.1, 0.15) is 11.3 Å². The second-order valence-electron chi connectivity index (χ2n) is 4.00. The van der Waals surface area contributed by atoms with E-state index >= 15 is 0 Å². The first-order valence-electron chi connectivity index (χ1n) is 5.61. The number of aromatic nitrogens is 2. The van der Waals surface area contributed by atoms with Crippen molar-refractivity contribution in [3.05, 3.63) is 29.8 Å². The number of H-pyrrole nitrogens is 1. The molecule has 1 unspecified atom stereocenters. The Morgan fingerprint density at radius 3 is 3.06 bits per heavy atom. The summed E-state index contributed by atoms with van der Waals surface area (Å²) in [6, 6.07) is 4.62. The van der Waals surface area contributed by atoms with Gasteiger partial charge >= 0.3 is 0 Å². The molecule has 0 saturated carbocycles. The topological polar surface area (TPSA) is 63.9 Å². The number of fused-ring (bicyclic) bond motifs is 1. The van der Waals surface area contributed by atoms with Gasteiger partial charge in [-0.1, -0.05) is 6.07 Å². The Balaban J connectivity index is 2.16. The lowest BCUT2D eigenvalue weighted by atomic mass is 10.1. The van der Waals surface area contributed by atoms with Crippen LogP contribution in [-0.4, -0.2) is 23.7 Å². The van der Waals surface area contributed by atoms with Crippen LogP contribution in [0.3, 0.4) is 0 Å². The van der Waals surface area contributed by atoms with Crippen LogP contribution in [0.15, 0.2) is 18.2 Å². The van der Waals surface area contributed by atoms with Gasteiger partial charge in [-0.25, -0.2) is 9.37 Å². The molecule has 0 fully saturated rings. The number of nitrogens with zero attached hydrogens (tertiary/aromatic N) is 1. The van der Waals surface area contributed by atoms with E-state index in [1.54, 1.807) is 19.2 Å². The molecule has 0 spiro atoms. The number of rotatable bonds is 5. The number of aromatic amines is 1. The second-order valence-corrected chi connectivity index (χ2v) is 4.00. The molecule has 0 aliphatic rings. The SMILES string of the molecule is COCCCC(N)c1nc2c(F)cccc2[nH]1. The van der Waals surface area contributed by atoms with Gasteiger partial charge in [0.25, 0.3) is 0 Å². The number of halogens is 1. The lowest BCUT2D eigenvalue weighted by Gasteiger charge is -2.07. The van der Waals surface area contributed by atoms with E-state index in [4.69, 9.17) is 10.5 Å². The molecule has 4 nitrogen and oxygen atoms in total. The van der Waals surface area contributed by atoms with Crippen LogP contribution in [0.25, 0.3) is 11.0 Å². The zero-order valence-electron chi connectivity index (χ0n) is 9.74. The third-order valence-electron chi connectivity index (χ3n) is 2.70. The van der Waals surface area contributed by atoms with Crippen LogP contribution in [0.1, 0.15) is 24.7 Å². The quantitative estimate of drug-likeness (QED) is 0.783. The van der Waals surface area contributed by atoms with Gasteiger partial charge in [0, 0.05) is 13.7 Å². The maximum atomic E-state index is 13.4. The molecule has 0 aliphatic carbocycles. The fourth-order valence-electron chi connectivity index (χ4n) is 1.78. The van der Waals surface area contributed by atoms with Crippen molar-refractivity contribution in [3.63, 3.8) is 0 Å². The summed E-state index contributed by atoms with van der Waals surface area (Å²) in [6.07, 6.45) is 1.62. The van der Waals surface area contributed by atoms with Gasteiger partial charge in [0.15, 0.2) is 5.82 Å². The number of ether oxygens (including phenoxy) is 1. The van der Waals surface area contributed by atoms with Crippen molar-refractivity contribution < 1.29 is 9.13 Å². The molecule has 1 aromatic carbocycles. The summed E-state index contributed by atoms with van der Waals surface area (Å²) in [5.41, 5.74) is 7.01. The lowest BCUT2D eigenvalue weighted by Crippen LogP contribution is -2.12. The molecule has 0 amide bonds. The molecule has 0 radical (unpaired) electrons. The molecule has 92 valence electrons. The number of imidazole rings is 1. The highest BCUT2D eigenvalue weighted by atomic mass is 19.1. The van der Waals surface area contributed by atoms with Crippen molar-refractivity contribution in [2.75, 3.05) is 13.7 Å². The molecule has 0 aliphatic heterocycles. The summed E-state index contributed by atoms with van der Waals surface area (Å²) in [7, 11) is 1.65. The van der Waals surface area contributed by atoms with Gasteiger partial charge in [-0.15, -0.1) is 0 Å². The molecule has 17 heavy (non-hydrogen) atoms. The highest BCUT2D eigenvalue weighted by molar-refractivity contribution is 5.75. The minimum atomic E-state index is -0.325. The number of nitrogens with one attached hydrogen (secondary N) is 1. The third-order valence-corrected chi connectivity index (χ3v) is 2.70. The third kappa shape index (κ3) is 2.62. The van der Waals surface area contributed by atoms with Gasteiger partial charge in [-0.3, -0.25) is 0 Å². The lowest BCUT2D eigenvalue weighted by molar-refractivity contribution is 0.190. The number of methoxy groups -OCH3 is 1. The Hall–Kier alpha value is -1.46. The van der Waals surface area contributed by atoms with E-state index in [9.17, 15) is 4.39 Å². The van der Waals surface area contributed by atoms with Crippen molar-refractivity contribution in [2.45, 2.75) is 18.9 Å². The largest absolute Gasteiger partial charge is 0.385 e. The predicted molar refractivity (Wildman–Crippen MR) is 64.1 cm³/mol. The Morgan fingerprint density at radius 1 is 1.53 bits per heavy atom. The molecule has 2 aromatic rings. The summed E-state index contributed by atoms with van der Waals surface area (Å²) >= 11 is 0. The second kappa shape index (κ2) is 5.25. The van der Waals surface area contributed by atoms with E-state index in [-0.39, 0.29) is 11.9 Å².